The van der Waals surface area contributed by atoms with E-state index in [4.69, 9.17) is 4.74 Å². The van der Waals surface area contributed by atoms with E-state index in [9.17, 15) is 9.59 Å². The van der Waals surface area contributed by atoms with Gasteiger partial charge in [-0.2, -0.15) is 4.79 Å². The number of rotatable bonds is 4. The number of ketones is 1. The fourth-order valence-electron chi connectivity index (χ4n) is 5.07. The van der Waals surface area contributed by atoms with E-state index < -0.39 is 5.60 Å². The highest BCUT2D eigenvalue weighted by Crippen LogP contribution is 2.59. The molecule has 1 aromatic carbocycles. The molecule has 0 spiro atoms. The first-order valence-corrected chi connectivity index (χ1v) is 9.37. The van der Waals surface area contributed by atoms with Crippen molar-refractivity contribution in [1.29, 1.82) is 0 Å². The molecule has 2 aliphatic rings. The number of ether oxygens (including phenoxy) is 1. The molecule has 4 heteroatoms. The molecule has 2 aliphatic heterocycles. The zero-order chi connectivity index (χ0) is 18.3. The zero-order valence-electron chi connectivity index (χ0n) is 15.9. The van der Waals surface area contributed by atoms with E-state index in [1.807, 2.05) is 39.0 Å². The van der Waals surface area contributed by atoms with Gasteiger partial charge in [0.1, 0.15) is 16.9 Å². The van der Waals surface area contributed by atoms with Crippen molar-refractivity contribution < 1.29 is 18.8 Å². The van der Waals surface area contributed by atoms with Gasteiger partial charge in [-0.1, -0.05) is 30.3 Å². The van der Waals surface area contributed by atoms with Crippen LogP contribution >= 0.6 is 0 Å². The van der Waals surface area contributed by atoms with Crippen LogP contribution in [0.1, 0.15) is 58.9 Å². The minimum absolute atomic E-state index is 0.125. The van der Waals surface area contributed by atoms with Crippen LogP contribution in [0.15, 0.2) is 30.3 Å². The number of Topliss-reactive ketones (excluding diaryl/α,β-unsaturated/α-hetero) is 1. The van der Waals surface area contributed by atoms with Crippen molar-refractivity contribution in [1.82, 2.24) is 0 Å². The highest BCUT2D eigenvalue weighted by molar-refractivity contribution is 5.75. The predicted molar refractivity (Wildman–Crippen MR) is 97.0 cm³/mol. The van der Waals surface area contributed by atoms with E-state index in [0.717, 1.165) is 32.4 Å². The molecule has 0 aliphatic carbocycles. The number of benzene rings is 1. The Morgan fingerprint density at radius 2 is 1.76 bits per heavy atom. The summed E-state index contributed by atoms with van der Waals surface area (Å²) in [5.74, 6) is 0.618. The number of hydrogen-bond acceptors (Lipinski definition) is 3. The fourth-order valence-corrected chi connectivity index (χ4v) is 5.07. The number of carbonyl (C=O) groups is 2. The summed E-state index contributed by atoms with van der Waals surface area (Å²) in [5.41, 5.74) is 0.352. The number of fused-ring (bicyclic) bond motifs is 2. The Morgan fingerprint density at radius 3 is 2.28 bits per heavy atom. The first-order chi connectivity index (χ1) is 11.7. The molecule has 0 aromatic heterocycles. The summed E-state index contributed by atoms with van der Waals surface area (Å²) in [4.78, 5) is 25.1. The van der Waals surface area contributed by atoms with Crippen LogP contribution in [-0.4, -0.2) is 35.1 Å². The Kier molecular flexibility index (Phi) is 4.52. The van der Waals surface area contributed by atoms with E-state index in [0.29, 0.717) is 16.8 Å². The molecule has 4 nitrogen and oxygen atoms in total. The molecule has 2 fully saturated rings. The van der Waals surface area contributed by atoms with Crippen LogP contribution in [0.4, 0.5) is 4.79 Å². The number of piperidine rings is 1. The molecule has 3 rings (SSSR count). The monoisotopic (exact) mass is 344 g/mol. The van der Waals surface area contributed by atoms with E-state index in [1.54, 1.807) is 6.92 Å². The van der Waals surface area contributed by atoms with Crippen LogP contribution in [0.5, 0.6) is 0 Å². The van der Waals surface area contributed by atoms with Crippen LogP contribution in [0.25, 0.3) is 0 Å². The Balaban J connectivity index is 2.08. The van der Waals surface area contributed by atoms with Crippen LogP contribution in [0.2, 0.25) is 0 Å². The molecule has 2 saturated heterocycles. The first-order valence-electron chi connectivity index (χ1n) is 9.37. The number of amides is 1. The average Bonchev–Trinajstić information content (AvgIpc) is 3.04. The van der Waals surface area contributed by atoms with Gasteiger partial charge in [0.25, 0.3) is 0 Å². The summed E-state index contributed by atoms with van der Waals surface area (Å²) in [7, 11) is 0. The summed E-state index contributed by atoms with van der Waals surface area (Å²) >= 11 is 0. The molecule has 1 amide bonds. The normalized spacial score (nSPS) is 31.1. The minimum atomic E-state index is -0.506. The Labute approximate surface area is 150 Å². The standard InChI is InChI=1S/C21H30NO3/c1-16(23)10-13-21(17-8-6-5-7-9-17)18-11-14-22(21,15-12-18)19(24)25-20(2,3)4/h5-9,18H,10-15H2,1-4H3/q+1. The number of carbonyl (C=O) groups excluding carboxylic acids is 2. The minimum Gasteiger partial charge on any atom is -0.414 e. The zero-order valence-corrected chi connectivity index (χ0v) is 15.9. The molecule has 136 valence electrons. The maximum Gasteiger partial charge on any atom is 0.517 e. The second kappa shape index (κ2) is 6.24. The molecule has 1 atom stereocenters. The molecular weight excluding hydrogens is 314 g/mol. The van der Waals surface area contributed by atoms with Crippen molar-refractivity contribution in [2.24, 2.45) is 5.92 Å². The maximum absolute atomic E-state index is 13.3. The molecule has 0 saturated carbocycles. The topological polar surface area (TPSA) is 43.4 Å². The second-order valence-corrected chi connectivity index (χ2v) is 8.66. The van der Waals surface area contributed by atoms with Crippen molar-refractivity contribution in [3.63, 3.8) is 0 Å². The lowest BCUT2D eigenvalue weighted by Gasteiger charge is -2.44. The lowest BCUT2D eigenvalue weighted by Crippen LogP contribution is -2.61. The van der Waals surface area contributed by atoms with E-state index in [2.05, 4.69) is 12.1 Å². The van der Waals surface area contributed by atoms with Gasteiger partial charge in [0.2, 0.25) is 0 Å². The van der Waals surface area contributed by atoms with Gasteiger partial charge in [0, 0.05) is 37.2 Å². The van der Waals surface area contributed by atoms with Gasteiger partial charge in [-0.05, 0) is 27.7 Å². The largest absolute Gasteiger partial charge is 0.517 e. The highest BCUT2D eigenvalue weighted by atomic mass is 16.6. The summed E-state index contributed by atoms with van der Waals surface area (Å²) in [6.07, 6.45) is 3.14. The van der Waals surface area contributed by atoms with Crippen LogP contribution in [0, 0.1) is 5.92 Å². The second-order valence-electron chi connectivity index (χ2n) is 8.66. The molecule has 0 radical (unpaired) electrons. The lowest BCUT2D eigenvalue weighted by atomic mass is 9.76. The Morgan fingerprint density at radius 1 is 1.16 bits per heavy atom. The van der Waals surface area contributed by atoms with E-state index >= 15 is 0 Å². The molecule has 1 unspecified atom stereocenters. The van der Waals surface area contributed by atoms with Crippen molar-refractivity contribution in [3.8, 4) is 0 Å². The van der Waals surface area contributed by atoms with Crippen molar-refractivity contribution in [2.45, 2.75) is 64.5 Å². The number of hydrogen-bond donors (Lipinski definition) is 0. The quantitative estimate of drug-likeness (QED) is 0.759. The summed E-state index contributed by atoms with van der Waals surface area (Å²) in [5, 5.41) is 0. The molecule has 2 heterocycles. The third kappa shape index (κ3) is 2.91. The predicted octanol–water partition coefficient (Wildman–Crippen LogP) is 4.43. The van der Waals surface area contributed by atoms with Gasteiger partial charge in [0.15, 0.2) is 0 Å². The van der Waals surface area contributed by atoms with Gasteiger partial charge in [-0.3, -0.25) is 0 Å². The van der Waals surface area contributed by atoms with Gasteiger partial charge in [-0.25, -0.2) is 4.48 Å². The third-order valence-electron chi connectivity index (χ3n) is 6.03. The van der Waals surface area contributed by atoms with Gasteiger partial charge < -0.3 is 9.53 Å². The summed E-state index contributed by atoms with van der Waals surface area (Å²) in [6, 6.07) is 10.3. The highest BCUT2D eigenvalue weighted by Gasteiger charge is 2.70. The molecular formula is C21H30NO3+. The number of nitrogens with zero attached hydrogens (tertiary/aromatic N) is 1. The third-order valence-corrected chi connectivity index (χ3v) is 6.03. The Hall–Kier alpha value is -1.68. The summed E-state index contributed by atoms with van der Waals surface area (Å²) in [6.45, 7) is 9.04. The molecule has 25 heavy (non-hydrogen) atoms. The molecule has 1 aromatic rings. The maximum atomic E-state index is 13.3. The van der Waals surface area contributed by atoms with Crippen LogP contribution < -0.4 is 0 Å². The smallest absolute Gasteiger partial charge is 0.414 e. The number of quaternary nitrogens is 1. The van der Waals surface area contributed by atoms with E-state index in [-0.39, 0.29) is 17.4 Å². The van der Waals surface area contributed by atoms with Gasteiger partial charge >= 0.3 is 6.09 Å². The molecule has 0 N–H and O–H groups in total. The molecule has 2 bridgehead atoms. The van der Waals surface area contributed by atoms with Crippen molar-refractivity contribution in [2.75, 3.05) is 13.1 Å². The van der Waals surface area contributed by atoms with E-state index in [1.165, 1.54) is 5.56 Å². The van der Waals surface area contributed by atoms with Gasteiger partial charge in [-0.15, -0.1) is 0 Å². The van der Waals surface area contributed by atoms with Crippen LogP contribution in [-0.2, 0) is 15.1 Å². The fraction of sp³-hybridized carbons (Fsp3) is 0.619. The first kappa shape index (κ1) is 18.1. The average molecular weight is 344 g/mol. The summed E-state index contributed by atoms with van der Waals surface area (Å²) < 4.78 is 6.23. The van der Waals surface area contributed by atoms with Gasteiger partial charge in [0.05, 0.1) is 13.1 Å². The lowest BCUT2D eigenvalue weighted by molar-refractivity contribution is -0.895. The Bertz CT molecular complexity index is 653. The van der Waals surface area contributed by atoms with Crippen molar-refractivity contribution >= 4 is 11.9 Å². The SMILES string of the molecule is CC(=O)CCC1(c2ccccc2)C2CC[N+]1(C(=O)OC(C)(C)C)CC2. The van der Waals surface area contributed by atoms with Crippen molar-refractivity contribution in [3.05, 3.63) is 35.9 Å². The van der Waals surface area contributed by atoms with Crippen LogP contribution in [0.3, 0.4) is 0 Å².